The molecule has 1 N–H and O–H groups in total. The molecule has 120 valence electrons. The minimum Gasteiger partial charge on any atom is -0.478 e. The predicted octanol–water partition coefficient (Wildman–Crippen LogP) is 3.06. The molecule has 2 aromatic carbocycles. The quantitative estimate of drug-likeness (QED) is 0.802. The number of ether oxygens (including phenoxy) is 1. The highest BCUT2D eigenvalue weighted by Crippen LogP contribution is 2.43. The summed E-state index contributed by atoms with van der Waals surface area (Å²) in [5.74, 6) is -0.932. The van der Waals surface area contributed by atoms with E-state index < -0.39 is 11.6 Å². The summed E-state index contributed by atoms with van der Waals surface area (Å²) in [5, 5.41) is 9.13. The minimum atomic E-state index is -0.932. The Labute approximate surface area is 139 Å². The number of rotatable bonds is 4. The molecule has 4 rings (SSSR count). The van der Waals surface area contributed by atoms with Crippen LogP contribution in [-0.4, -0.2) is 20.6 Å². The molecule has 3 aromatic rings. The number of aromatic nitrogens is 2. The van der Waals surface area contributed by atoms with Gasteiger partial charge in [0.2, 0.25) is 0 Å². The van der Waals surface area contributed by atoms with Crippen molar-refractivity contribution < 1.29 is 14.6 Å². The molecular weight excluding hydrogens is 304 g/mol. The monoisotopic (exact) mass is 320 g/mol. The van der Waals surface area contributed by atoms with Crippen LogP contribution in [0.2, 0.25) is 0 Å². The molecular formula is C19H16N2O3. The van der Waals surface area contributed by atoms with E-state index >= 15 is 0 Å². The van der Waals surface area contributed by atoms with Crippen LogP contribution in [-0.2, 0) is 23.5 Å². The van der Waals surface area contributed by atoms with E-state index in [1.165, 1.54) is 0 Å². The van der Waals surface area contributed by atoms with Gasteiger partial charge in [0.15, 0.2) is 0 Å². The first-order chi connectivity index (χ1) is 11.7. The van der Waals surface area contributed by atoms with Crippen molar-refractivity contribution in [2.45, 2.75) is 18.8 Å². The molecule has 2 heterocycles. The number of carbonyl (C=O) groups is 1. The highest BCUT2D eigenvalue weighted by atomic mass is 16.5. The summed E-state index contributed by atoms with van der Waals surface area (Å²) in [5.41, 5.74) is 2.82. The molecule has 0 radical (unpaired) electrons. The van der Waals surface area contributed by atoms with Gasteiger partial charge in [-0.15, -0.1) is 0 Å². The Morgan fingerprint density at radius 1 is 1.21 bits per heavy atom. The van der Waals surface area contributed by atoms with Gasteiger partial charge < -0.3 is 14.4 Å². The van der Waals surface area contributed by atoms with Gasteiger partial charge in [-0.25, -0.2) is 9.78 Å². The first-order valence-electron chi connectivity index (χ1n) is 7.71. The van der Waals surface area contributed by atoms with E-state index in [1.54, 1.807) is 24.7 Å². The molecule has 1 aromatic heterocycles. The van der Waals surface area contributed by atoms with Crippen LogP contribution in [0.25, 0.3) is 0 Å². The van der Waals surface area contributed by atoms with Crippen molar-refractivity contribution in [3.05, 3.63) is 89.5 Å². The molecule has 0 spiro atoms. The highest BCUT2D eigenvalue weighted by Gasteiger charge is 2.42. The van der Waals surface area contributed by atoms with Gasteiger partial charge in [0, 0.05) is 12.4 Å². The Kier molecular flexibility index (Phi) is 3.43. The summed E-state index contributed by atoms with van der Waals surface area (Å²) in [6.45, 7) is 1.11. The van der Waals surface area contributed by atoms with Crippen LogP contribution in [0.4, 0.5) is 0 Å². The zero-order valence-corrected chi connectivity index (χ0v) is 12.9. The topological polar surface area (TPSA) is 64.3 Å². The Morgan fingerprint density at radius 2 is 2.00 bits per heavy atom. The SMILES string of the molecule is O=C(O)c1ccc(C2(Cn3ccnc3)OCc3ccccc32)cc1. The number of carboxylic acids is 1. The molecule has 1 atom stereocenters. The van der Waals surface area contributed by atoms with Crippen molar-refractivity contribution in [3.63, 3.8) is 0 Å². The molecule has 1 aliphatic heterocycles. The van der Waals surface area contributed by atoms with Gasteiger partial charge in [0.25, 0.3) is 0 Å². The lowest BCUT2D eigenvalue weighted by Gasteiger charge is -2.31. The van der Waals surface area contributed by atoms with Crippen LogP contribution >= 0.6 is 0 Å². The molecule has 5 nitrogen and oxygen atoms in total. The highest BCUT2D eigenvalue weighted by molar-refractivity contribution is 5.87. The maximum Gasteiger partial charge on any atom is 0.335 e. The lowest BCUT2D eigenvalue weighted by molar-refractivity contribution is -0.0181. The Morgan fingerprint density at radius 3 is 2.71 bits per heavy atom. The number of aromatic carboxylic acids is 1. The minimum absolute atomic E-state index is 0.266. The molecule has 0 amide bonds. The van der Waals surface area contributed by atoms with Crippen molar-refractivity contribution in [2.24, 2.45) is 0 Å². The summed E-state index contributed by atoms with van der Waals surface area (Å²) in [4.78, 5) is 15.2. The number of carboxylic acid groups (broad SMARTS) is 1. The molecule has 0 aliphatic carbocycles. The maximum absolute atomic E-state index is 11.1. The number of benzene rings is 2. The molecule has 0 bridgehead atoms. The molecule has 1 unspecified atom stereocenters. The van der Waals surface area contributed by atoms with Crippen LogP contribution in [0, 0.1) is 0 Å². The zero-order chi connectivity index (χ0) is 16.6. The van der Waals surface area contributed by atoms with Gasteiger partial charge >= 0.3 is 5.97 Å². The number of imidazole rings is 1. The van der Waals surface area contributed by atoms with Crippen molar-refractivity contribution >= 4 is 5.97 Å². The number of nitrogens with zero attached hydrogens (tertiary/aromatic N) is 2. The van der Waals surface area contributed by atoms with E-state index in [0.717, 1.165) is 16.7 Å². The lowest BCUT2D eigenvalue weighted by Crippen LogP contribution is -2.32. The fourth-order valence-corrected chi connectivity index (χ4v) is 3.30. The van der Waals surface area contributed by atoms with Gasteiger partial charge in [0.1, 0.15) is 5.60 Å². The lowest BCUT2D eigenvalue weighted by atomic mass is 9.85. The third kappa shape index (κ3) is 2.30. The van der Waals surface area contributed by atoms with Crippen LogP contribution in [0.5, 0.6) is 0 Å². The maximum atomic E-state index is 11.1. The average molecular weight is 320 g/mol. The summed E-state index contributed by atoms with van der Waals surface area (Å²) >= 11 is 0. The summed E-state index contributed by atoms with van der Waals surface area (Å²) < 4.78 is 8.25. The van der Waals surface area contributed by atoms with Crippen molar-refractivity contribution in [1.82, 2.24) is 9.55 Å². The second-order valence-corrected chi connectivity index (χ2v) is 5.89. The fraction of sp³-hybridized carbons (Fsp3) is 0.158. The Hall–Kier alpha value is -2.92. The molecule has 0 saturated carbocycles. The van der Waals surface area contributed by atoms with Gasteiger partial charge in [0.05, 0.1) is 25.0 Å². The van der Waals surface area contributed by atoms with Crippen molar-refractivity contribution in [2.75, 3.05) is 0 Å². The molecule has 0 saturated heterocycles. The third-order valence-electron chi connectivity index (χ3n) is 4.49. The van der Waals surface area contributed by atoms with Gasteiger partial charge in [-0.05, 0) is 28.8 Å². The van der Waals surface area contributed by atoms with E-state index in [2.05, 4.69) is 17.1 Å². The van der Waals surface area contributed by atoms with Crippen LogP contribution in [0.15, 0.2) is 67.3 Å². The number of fused-ring (bicyclic) bond motifs is 1. The molecule has 1 aliphatic rings. The first kappa shape index (κ1) is 14.7. The fourth-order valence-electron chi connectivity index (χ4n) is 3.30. The van der Waals surface area contributed by atoms with Crippen molar-refractivity contribution in [1.29, 1.82) is 0 Å². The van der Waals surface area contributed by atoms with E-state index in [-0.39, 0.29) is 5.56 Å². The van der Waals surface area contributed by atoms with E-state index in [0.29, 0.717) is 13.2 Å². The Bertz CT molecular complexity index is 872. The van der Waals surface area contributed by atoms with Crippen molar-refractivity contribution in [3.8, 4) is 0 Å². The smallest absolute Gasteiger partial charge is 0.335 e. The zero-order valence-electron chi connectivity index (χ0n) is 12.9. The van der Waals surface area contributed by atoms with Gasteiger partial charge in [-0.1, -0.05) is 36.4 Å². The van der Waals surface area contributed by atoms with Gasteiger partial charge in [-0.2, -0.15) is 0 Å². The second-order valence-electron chi connectivity index (χ2n) is 5.89. The molecule has 5 heteroatoms. The van der Waals surface area contributed by atoms with E-state index in [9.17, 15) is 4.79 Å². The van der Waals surface area contributed by atoms with E-state index in [4.69, 9.17) is 9.84 Å². The summed E-state index contributed by atoms with van der Waals surface area (Å²) in [6.07, 6.45) is 5.40. The average Bonchev–Trinajstić information content (AvgIpc) is 3.24. The standard InChI is InChI=1S/C19H16N2O3/c22-18(23)14-5-7-16(8-6-14)19(12-21-10-9-20-13-21)17-4-2-1-3-15(17)11-24-19/h1-10,13H,11-12H2,(H,22,23). The first-order valence-corrected chi connectivity index (χ1v) is 7.71. The van der Waals surface area contributed by atoms with E-state index in [1.807, 2.05) is 35.0 Å². The Balaban J connectivity index is 1.84. The summed E-state index contributed by atoms with van der Waals surface area (Å²) in [6, 6.07) is 15.1. The van der Waals surface area contributed by atoms with Crippen LogP contribution in [0.1, 0.15) is 27.0 Å². The molecule has 0 fully saturated rings. The second kappa shape index (κ2) is 5.62. The largest absolute Gasteiger partial charge is 0.478 e. The summed E-state index contributed by atoms with van der Waals surface area (Å²) in [7, 11) is 0. The number of hydrogen-bond acceptors (Lipinski definition) is 3. The normalized spacial score (nSPS) is 19.2. The van der Waals surface area contributed by atoms with Crippen LogP contribution in [0.3, 0.4) is 0 Å². The third-order valence-corrected chi connectivity index (χ3v) is 4.49. The van der Waals surface area contributed by atoms with Crippen LogP contribution < -0.4 is 0 Å². The molecule has 24 heavy (non-hydrogen) atoms. The predicted molar refractivity (Wildman–Crippen MR) is 87.6 cm³/mol. The van der Waals surface area contributed by atoms with Gasteiger partial charge in [-0.3, -0.25) is 0 Å². The number of hydrogen-bond donors (Lipinski definition) is 1.